The standard InChI is InChI=1S/C30H34N2O5/c1-30(2,3)22-10-6-20(7-11-22)18-37-27-17-24(12-8-21(27)9-15-29(33)34)36-19-28-31-25-14-13-23(35-5)16-26(25)32(28)4/h6-8,10-14,16-17H,9,15,18-19H2,1-5H3,(H,33,34). The number of aryl methyl sites for hydroxylation is 2. The molecule has 37 heavy (non-hydrogen) atoms. The molecule has 0 spiro atoms. The fourth-order valence-electron chi connectivity index (χ4n) is 4.09. The molecule has 1 N–H and O–H groups in total. The van der Waals surface area contributed by atoms with E-state index in [2.05, 4.69) is 50.0 Å². The molecule has 1 aromatic heterocycles. The molecule has 4 rings (SSSR count). The van der Waals surface area contributed by atoms with E-state index in [1.165, 1.54) is 5.56 Å². The summed E-state index contributed by atoms with van der Waals surface area (Å²) in [6.07, 6.45) is 0.403. The Morgan fingerprint density at radius 2 is 1.68 bits per heavy atom. The van der Waals surface area contributed by atoms with E-state index in [4.69, 9.17) is 19.3 Å². The number of nitrogens with zero attached hydrogens (tertiary/aromatic N) is 2. The van der Waals surface area contributed by atoms with Crippen LogP contribution in [0.15, 0.2) is 60.7 Å². The van der Waals surface area contributed by atoms with Crippen molar-refractivity contribution < 1.29 is 24.1 Å². The number of hydrogen-bond donors (Lipinski definition) is 1. The van der Waals surface area contributed by atoms with Crippen molar-refractivity contribution in [1.82, 2.24) is 9.55 Å². The van der Waals surface area contributed by atoms with E-state index < -0.39 is 5.97 Å². The molecule has 0 radical (unpaired) electrons. The summed E-state index contributed by atoms with van der Waals surface area (Å²) in [7, 11) is 3.59. The SMILES string of the molecule is COc1ccc2nc(COc3ccc(CCC(=O)O)c(OCc4ccc(C(C)(C)C)cc4)c3)n(C)c2c1. The molecule has 0 aliphatic rings. The maximum absolute atomic E-state index is 11.2. The molecule has 0 saturated carbocycles. The molecule has 0 bridgehead atoms. The zero-order valence-corrected chi connectivity index (χ0v) is 22.1. The van der Waals surface area contributed by atoms with Gasteiger partial charge in [-0.25, -0.2) is 4.98 Å². The molecule has 0 amide bonds. The summed E-state index contributed by atoms with van der Waals surface area (Å²) in [6, 6.07) is 19.7. The first-order valence-electron chi connectivity index (χ1n) is 12.3. The van der Waals surface area contributed by atoms with Gasteiger partial charge in [0, 0.05) is 25.6 Å². The van der Waals surface area contributed by atoms with Gasteiger partial charge in [-0.15, -0.1) is 0 Å². The molecule has 0 aliphatic carbocycles. The number of carboxylic acid groups (broad SMARTS) is 1. The third kappa shape index (κ3) is 6.42. The Bertz CT molecular complexity index is 1380. The van der Waals surface area contributed by atoms with Crippen LogP contribution in [0.1, 0.15) is 49.7 Å². The van der Waals surface area contributed by atoms with Crippen LogP contribution < -0.4 is 14.2 Å². The van der Waals surface area contributed by atoms with Crippen LogP contribution >= 0.6 is 0 Å². The highest BCUT2D eigenvalue weighted by atomic mass is 16.5. The lowest BCUT2D eigenvalue weighted by Gasteiger charge is -2.19. The first-order chi connectivity index (χ1) is 17.6. The molecular formula is C30H34N2O5. The molecule has 0 aliphatic heterocycles. The maximum atomic E-state index is 11.2. The smallest absolute Gasteiger partial charge is 0.303 e. The first-order valence-corrected chi connectivity index (χ1v) is 12.3. The van der Waals surface area contributed by atoms with E-state index in [0.717, 1.165) is 33.7 Å². The summed E-state index contributed by atoms with van der Waals surface area (Å²) >= 11 is 0. The molecule has 0 fully saturated rings. The van der Waals surface area contributed by atoms with Crippen molar-refractivity contribution in [3.63, 3.8) is 0 Å². The highest BCUT2D eigenvalue weighted by Crippen LogP contribution is 2.29. The van der Waals surface area contributed by atoms with Crippen molar-refractivity contribution in [3.8, 4) is 17.2 Å². The van der Waals surface area contributed by atoms with E-state index in [1.807, 2.05) is 48.0 Å². The zero-order valence-electron chi connectivity index (χ0n) is 22.1. The number of carboxylic acids is 1. The van der Waals surface area contributed by atoms with E-state index >= 15 is 0 Å². The van der Waals surface area contributed by atoms with Gasteiger partial charge in [-0.1, -0.05) is 51.1 Å². The average molecular weight is 503 g/mol. The normalized spacial score (nSPS) is 11.5. The molecule has 4 aromatic rings. The third-order valence-electron chi connectivity index (χ3n) is 6.41. The lowest BCUT2D eigenvalue weighted by molar-refractivity contribution is -0.136. The van der Waals surface area contributed by atoms with Gasteiger partial charge in [0.15, 0.2) is 0 Å². The van der Waals surface area contributed by atoms with Gasteiger partial charge in [-0.05, 0) is 46.7 Å². The Hall–Kier alpha value is -4.00. The van der Waals surface area contributed by atoms with Crippen molar-refractivity contribution in [3.05, 3.63) is 83.2 Å². The highest BCUT2D eigenvalue weighted by Gasteiger charge is 2.14. The predicted molar refractivity (Wildman–Crippen MR) is 143 cm³/mol. The van der Waals surface area contributed by atoms with Gasteiger partial charge in [0.05, 0.1) is 18.1 Å². The summed E-state index contributed by atoms with van der Waals surface area (Å²) in [4.78, 5) is 15.8. The number of fused-ring (bicyclic) bond motifs is 1. The number of imidazole rings is 1. The molecule has 7 heteroatoms. The largest absolute Gasteiger partial charge is 0.497 e. The Morgan fingerprint density at radius 3 is 2.35 bits per heavy atom. The minimum atomic E-state index is -0.845. The number of hydrogen-bond acceptors (Lipinski definition) is 5. The monoisotopic (exact) mass is 502 g/mol. The van der Waals surface area contributed by atoms with Crippen molar-refractivity contribution in [1.29, 1.82) is 0 Å². The topological polar surface area (TPSA) is 82.8 Å². The van der Waals surface area contributed by atoms with E-state index in [9.17, 15) is 4.79 Å². The average Bonchev–Trinajstić information content (AvgIpc) is 3.19. The van der Waals surface area contributed by atoms with Gasteiger partial charge in [0.25, 0.3) is 0 Å². The Kier molecular flexibility index (Phi) is 7.71. The maximum Gasteiger partial charge on any atom is 0.303 e. The predicted octanol–water partition coefficient (Wildman–Crippen LogP) is 6.05. The Balaban J connectivity index is 1.50. The van der Waals surface area contributed by atoms with Crippen molar-refractivity contribution in [2.75, 3.05) is 7.11 Å². The second kappa shape index (κ2) is 10.9. The van der Waals surface area contributed by atoms with Gasteiger partial charge in [-0.3, -0.25) is 4.79 Å². The van der Waals surface area contributed by atoms with Gasteiger partial charge in [0.1, 0.15) is 36.3 Å². The molecule has 194 valence electrons. The fourth-order valence-corrected chi connectivity index (χ4v) is 4.09. The van der Waals surface area contributed by atoms with Crippen LogP contribution in [0.2, 0.25) is 0 Å². The summed E-state index contributed by atoms with van der Waals surface area (Å²) in [5.41, 5.74) is 5.04. The molecule has 7 nitrogen and oxygen atoms in total. The Labute approximate surface area is 217 Å². The molecular weight excluding hydrogens is 468 g/mol. The van der Waals surface area contributed by atoms with Crippen LogP contribution in [0.25, 0.3) is 11.0 Å². The van der Waals surface area contributed by atoms with Gasteiger partial charge in [-0.2, -0.15) is 0 Å². The van der Waals surface area contributed by atoms with Gasteiger partial charge < -0.3 is 23.9 Å². The lowest BCUT2D eigenvalue weighted by atomic mass is 9.87. The number of ether oxygens (including phenoxy) is 3. The van der Waals surface area contributed by atoms with Crippen LogP contribution in [-0.4, -0.2) is 27.7 Å². The van der Waals surface area contributed by atoms with Crippen LogP contribution in [0.5, 0.6) is 17.2 Å². The molecule has 0 atom stereocenters. The summed E-state index contributed by atoms with van der Waals surface area (Å²) in [6.45, 7) is 7.20. The van der Waals surface area contributed by atoms with Gasteiger partial charge in [0.2, 0.25) is 0 Å². The van der Waals surface area contributed by atoms with Crippen LogP contribution in [0.4, 0.5) is 0 Å². The van der Waals surface area contributed by atoms with Crippen molar-refractivity contribution in [2.24, 2.45) is 7.05 Å². The quantitative estimate of drug-likeness (QED) is 0.284. The summed E-state index contributed by atoms with van der Waals surface area (Å²) in [5.74, 6) is 1.95. The fraction of sp³-hybridized carbons (Fsp3) is 0.333. The summed E-state index contributed by atoms with van der Waals surface area (Å²) in [5, 5.41) is 9.17. The van der Waals surface area contributed by atoms with Crippen molar-refractivity contribution >= 4 is 17.0 Å². The van der Waals surface area contributed by atoms with Crippen LogP contribution in [0.3, 0.4) is 0 Å². The number of aromatic nitrogens is 2. The number of rotatable bonds is 10. The lowest BCUT2D eigenvalue weighted by Crippen LogP contribution is -2.11. The minimum absolute atomic E-state index is 0.0279. The molecule has 0 saturated heterocycles. The second-order valence-electron chi connectivity index (χ2n) is 10.1. The molecule has 0 unspecified atom stereocenters. The van der Waals surface area contributed by atoms with Crippen LogP contribution in [0, 0.1) is 0 Å². The summed E-state index contributed by atoms with van der Waals surface area (Å²) < 4.78 is 19.5. The second-order valence-corrected chi connectivity index (χ2v) is 10.1. The highest BCUT2D eigenvalue weighted by molar-refractivity contribution is 5.77. The third-order valence-corrected chi connectivity index (χ3v) is 6.41. The van der Waals surface area contributed by atoms with E-state index in [0.29, 0.717) is 24.5 Å². The zero-order chi connectivity index (χ0) is 26.6. The Morgan fingerprint density at radius 1 is 0.946 bits per heavy atom. The molecule has 1 heterocycles. The molecule has 3 aromatic carbocycles. The van der Waals surface area contributed by atoms with E-state index in [-0.39, 0.29) is 18.4 Å². The van der Waals surface area contributed by atoms with Crippen LogP contribution in [-0.2, 0) is 36.9 Å². The minimum Gasteiger partial charge on any atom is -0.497 e. The number of methoxy groups -OCH3 is 1. The van der Waals surface area contributed by atoms with Crippen molar-refractivity contribution in [2.45, 2.75) is 52.2 Å². The number of benzene rings is 3. The first kappa shape index (κ1) is 26.1. The van der Waals surface area contributed by atoms with Gasteiger partial charge >= 0.3 is 5.97 Å². The van der Waals surface area contributed by atoms with E-state index in [1.54, 1.807) is 7.11 Å². The number of carbonyl (C=O) groups is 1. The number of aliphatic carboxylic acids is 1.